The maximum Gasteiger partial charge on any atom is 0.175 e. The number of hydrogen-bond donors (Lipinski definition) is 2. The summed E-state index contributed by atoms with van der Waals surface area (Å²) in [5.41, 5.74) is 5.81. The first-order chi connectivity index (χ1) is 20.2. The van der Waals surface area contributed by atoms with Gasteiger partial charge in [0.25, 0.3) is 0 Å². The second kappa shape index (κ2) is 8.78. The van der Waals surface area contributed by atoms with Gasteiger partial charge in [0.2, 0.25) is 0 Å². The van der Waals surface area contributed by atoms with Crippen LogP contribution in [-0.2, 0) is 37.2 Å². The quantitative estimate of drug-likeness (QED) is 0.216. The first kappa shape index (κ1) is 28.4. The van der Waals surface area contributed by atoms with Crippen LogP contribution < -0.4 is 0 Å². The molecule has 1 aromatic carbocycles. The van der Waals surface area contributed by atoms with Gasteiger partial charge in [-0.25, -0.2) is 0 Å². The van der Waals surface area contributed by atoms with E-state index in [0.717, 1.165) is 43.4 Å². The van der Waals surface area contributed by atoms with E-state index in [1.807, 2.05) is 27.7 Å². The molecule has 6 unspecified atom stereocenters. The number of aliphatic hydroxyl groups is 1. The molecule has 3 aliphatic carbocycles. The molecule has 4 fully saturated rings. The number of fused-ring (bicyclic) bond motifs is 7. The molecule has 3 saturated heterocycles. The van der Waals surface area contributed by atoms with E-state index in [1.54, 1.807) is 11.6 Å². The highest BCUT2D eigenvalue weighted by molar-refractivity contribution is 5.89. The van der Waals surface area contributed by atoms with Crippen LogP contribution in [0.2, 0.25) is 0 Å². The van der Waals surface area contributed by atoms with Crippen molar-refractivity contribution < 1.29 is 24.1 Å². The summed E-state index contributed by atoms with van der Waals surface area (Å²) in [5, 5.41) is 12.0. The van der Waals surface area contributed by atoms with Gasteiger partial charge in [-0.15, -0.1) is 0 Å². The van der Waals surface area contributed by atoms with Gasteiger partial charge in [-0.05, 0) is 108 Å². The number of hydrogen-bond acceptors (Lipinski definition) is 5. The lowest BCUT2D eigenvalue weighted by molar-refractivity contribution is -0.198. The molecule has 8 rings (SSSR count). The summed E-state index contributed by atoms with van der Waals surface area (Å²) in [7, 11) is 0. The fourth-order valence-corrected chi connectivity index (χ4v) is 10.2. The van der Waals surface area contributed by atoms with Crippen LogP contribution in [0.4, 0.5) is 0 Å². The van der Waals surface area contributed by atoms with Crippen molar-refractivity contribution in [3.63, 3.8) is 0 Å². The third-order valence-electron chi connectivity index (χ3n) is 12.9. The molecule has 2 N–H and O–H groups in total. The third-order valence-corrected chi connectivity index (χ3v) is 12.9. The Labute approximate surface area is 256 Å². The lowest BCUT2D eigenvalue weighted by Crippen LogP contribution is -2.61. The highest BCUT2D eigenvalue weighted by atomic mass is 16.7. The lowest BCUT2D eigenvalue weighted by Gasteiger charge is -2.60. The van der Waals surface area contributed by atoms with E-state index in [4.69, 9.17) is 18.9 Å². The Kier molecular flexibility index (Phi) is 5.79. The number of ether oxygens (including phenoxy) is 4. The minimum absolute atomic E-state index is 0.0115. The summed E-state index contributed by atoms with van der Waals surface area (Å²) < 4.78 is 25.7. The topological polar surface area (TPSA) is 79.5 Å². The van der Waals surface area contributed by atoms with Crippen LogP contribution in [0.25, 0.3) is 10.9 Å². The van der Waals surface area contributed by atoms with Crippen molar-refractivity contribution in [2.45, 2.75) is 141 Å². The molecule has 1 aromatic heterocycles. The number of aromatic nitrogens is 1. The predicted molar refractivity (Wildman–Crippen MR) is 167 cm³/mol. The highest BCUT2D eigenvalue weighted by Gasteiger charge is 2.77. The second-order valence-corrected chi connectivity index (χ2v) is 16.3. The predicted octanol–water partition coefficient (Wildman–Crippen LogP) is 7.03. The molecule has 3 aliphatic heterocycles. The van der Waals surface area contributed by atoms with Gasteiger partial charge in [0.05, 0.1) is 17.8 Å². The normalized spacial score (nSPS) is 40.7. The number of nitrogens with one attached hydrogen (secondary N) is 1. The SMILES string of the molecule is CC(C)=CC(O)OC(C)(C)C1CC2OC23C(=CC[C@@]2(C)C3CC[C@H]3Cc4c([nH]c5cccc(CC6OC6(C)C)c45)[C@@]32C)O1. The molecule has 6 nitrogen and oxygen atoms in total. The zero-order valence-corrected chi connectivity index (χ0v) is 27.2. The fourth-order valence-electron chi connectivity index (χ4n) is 10.2. The summed E-state index contributed by atoms with van der Waals surface area (Å²) in [6, 6.07) is 6.79. The number of rotatable bonds is 6. The van der Waals surface area contributed by atoms with Gasteiger partial charge in [0, 0.05) is 40.8 Å². The van der Waals surface area contributed by atoms with Gasteiger partial charge in [0.15, 0.2) is 11.9 Å². The van der Waals surface area contributed by atoms with Crippen LogP contribution in [0, 0.1) is 17.3 Å². The molecule has 0 bridgehead atoms. The van der Waals surface area contributed by atoms with Crippen molar-refractivity contribution in [1.82, 2.24) is 4.98 Å². The third kappa shape index (κ3) is 3.79. The molecule has 232 valence electrons. The second-order valence-electron chi connectivity index (χ2n) is 16.3. The number of allylic oxidation sites excluding steroid dienone is 2. The molecule has 1 saturated carbocycles. The Morgan fingerprint density at radius 1 is 1.16 bits per heavy atom. The van der Waals surface area contributed by atoms with Crippen molar-refractivity contribution >= 4 is 10.9 Å². The van der Waals surface area contributed by atoms with Gasteiger partial charge in [-0.1, -0.05) is 31.6 Å². The molecule has 4 heterocycles. The lowest BCUT2D eigenvalue weighted by atomic mass is 9.44. The van der Waals surface area contributed by atoms with Gasteiger partial charge in [-0.3, -0.25) is 0 Å². The molecular formula is C37H49NO5. The summed E-state index contributed by atoms with van der Waals surface area (Å²) in [4.78, 5) is 4.01. The number of benzene rings is 1. The van der Waals surface area contributed by atoms with Crippen LogP contribution in [-0.4, -0.2) is 51.5 Å². The first-order valence-corrected chi connectivity index (χ1v) is 16.6. The van der Waals surface area contributed by atoms with Crippen LogP contribution >= 0.6 is 0 Å². The van der Waals surface area contributed by atoms with Gasteiger partial charge in [0.1, 0.15) is 17.5 Å². The molecule has 2 aromatic rings. The molecular weight excluding hydrogens is 538 g/mol. The van der Waals surface area contributed by atoms with E-state index in [-0.39, 0.29) is 34.2 Å². The first-order valence-electron chi connectivity index (χ1n) is 16.6. The number of aromatic amines is 1. The smallest absolute Gasteiger partial charge is 0.175 e. The molecule has 43 heavy (non-hydrogen) atoms. The van der Waals surface area contributed by atoms with Crippen molar-refractivity contribution in [3.8, 4) is 0 Å². The Morgan fingerprint density at radius 2 is 1.93 bits per heavy atom. The van der Waals surface area contributed by atoms with Crippen molar-refractivity contribution in [2.24, 2.45) is 17.3 Å². The fraction of sp³-hybridized carbons (Fsp3) is 0.676. The van der Waals surface area contributed by atoms with Crippen LogP contribution in [0.3, 0.4) is 0 Å². The minimum Gasteiger partial charge on any atom is -0.489 e. The summed E-state index contributed by atoms with van der Waals surface area (Å²) >= 11 is 0. The zero-order chi connectivity index (χ0) is 30.3. The Morgan fingerprint density at radius 3 is 2.65 bits per heavy atom. The molecule has 6 heteroatoms. The molecule has 0 amide bonds. The minimum atomic E-state index is -0.953. The zero-order valence-electron chi connectivity index (χ0n) is 27.2. The van der Waals surface area contributed by atoms with Gasteiger partial charge < -0.3 is 29.0 Å². The van der Waals surface area contributed by atoms with E-state index in [0.29, 0.717) is 17.9 Å². The van der Waals surface area contributed by atoms with Crippen LogP contribution in [0.5, 0.6) is 0 Å². The van der Waals surface area contributed by atoms with E-state index in [9.17, 15) is 5.11 Å². The maximum atomic E-state index is 10.5. The Bertz CT molecular complexity index is 1560. The van der Waals surface area contributed by atoms with Crippen molar-refractivity contribution in [1.29, 1.82) is 0 Å². The highest BCUT2D eigenvalue weighted by Crippen LogP contribution is 2.73. The summed E-state index contributed by atoms with van der Waals surface area (Å²) in [6.07, 6.45) is 9.64. The largest absolute Gasteiger partial charge is 0.489 e. The molecule has 9 atom stereocenters. The van der Waals surface area contributed by atoms with E-state index < -0.39 is 11.9 Å². The molecule has 0 radical (unpaired) electrons. The van der Waals surface area contributed by atoms with E-state index >= 15 is 0 Å². The summed E-state index contributed by atoms with van der Waals surface area (Å²) in [5.74, 6) is 2.02. The average Bonchev–Trinajstić information content (AvgIpc) is 3.69. The number of epoxide rings is 2. The Balaban J connectivity index is 1.12. The standard InChI is InChI=1S/C37H49NO5/c1-20(2)16-30(39)43-33(3,4)27-19-29-37(42-29)25-13-12-22-18-23-31-21(17-28-34(5,6)41-28)10-9-11-24(31)38-32(23)36(22,8)35(25,7)15-14-26(37)40-27/h9-11,14,16,22,25,27-30,38-39H,12-13,15,17-19H2,1-8H3/t22-,25?,27?,28?,29?,30?,35-,36+,37?/m0/s1. The number of H-pyrrole nitrogens is 1. The molecule has 6 aliphatic rings. The van der Waals surface area contributed by atoms with Crippen LogP contribution in [0.15, 0.2) is 41.7 Å². The molecule has 1 spiro atoms. The van der Waals surface area contributed by atoms with Crippen molar-refractivity contribution in [3.05, 3.63) is 58.5 Å². The Hall–Kier alpha value is -2.12. The maximum absolute atomic E-state index is 10.5. The van der Waals surface area contributed by atoms with Crippen molar-refractivity contribution in [2.75, 3.05) is 0 Å². The van der Waals surface area contributed by atoms with Crippen LogP contribution in [0.1, 0.15) is 97.9 Å². The number of aliphatic hydroxyl groups excluding tert-OH is 1. The summed E-state index contributed by atoms with van der Waals surface area (Å²) in [6.45, 7) is 17.5. The van der Waals surface area contributed by atoms with E-state index in [1.165, 1.54) is 28.6 Å². The van der Waals surface area contributed by atoms with Gasteiger partial charge >= 0.3 is 0 Å². The monoisotopic (exact) mass is 587 g/mol. The average molecular weight is 588 g/mol. The van der Waals surface area contributed by atoms with E-state index in [2.05, 4.69) is 57.0 Å². The van der Waals surface area contributed by atoms with Gasteiger partial charge in [-0.2, -0.15) is 0 Å².